The Morgan fingerprint density at radius 3 is 1.96 bits per heavy atom. The van der Waals surface area contributed by atoms with E-state index in [-0.39, 0.29) is 84.1 Å². The molecule has 4 rings (SSSR count). The average Bonchev–Trinajstić information content (AvgIpc) is 3.85. The maximum Gasteiger partial charge on any atom is 0.326 e. The first kappa shape index (κ1) is 70.0. The molecule has 4 aliphatic rings. The highest BCUT2D eigenvalue weighted by Gasteiger charge is 2.51. The smallest absolute Gasteiger partial charge is 0.326 e. The third kappa shape index (κ3) is 21.5. The fraction of sp³-hybridized carbons (Fsp3) is 0.818. The lowest BCUT2D eigenvalue weighted by molar-refractivity contribution is -0.337. The van der Waals surface area contributed by atoms with Gasteiger partial charge in [-0.2, -0.15) is 0 Å². The van der Waals surface area contributed by atoms with Gasteiger partial charge in [0.1, 0.15) is 25.4 Å². The number of halogens is 1. The first-order valence-electron chi connectivity index (χ1n) is 28.8. The number of ketones is 2. The number of guanidine groups is 1. The molecule has 0 spiro atoms. The molecule has 9 N–H and O–H groups in total. The molecule has 472 valence electrons. The molecule has 4 heterocycles. The van der Waals surface area contributed by atoms with E-state index in [4.69, 9.17) is 59.8 Å². The Morgan fingerprint density at radius 1 is 0.735 bits per heavy atom. The minimum Gasteiger partial charge on any atom is -0.481 e. The van der Waals surface area contributed by atoms with Crippen LogP contribution < -0.4 is 22.5 Å². The molecular weight excluding hydrogens is 1100 g/mol. The second kappa shape index (κ2) is 35.1. The number of likely N-dealkylation sites (tertiary alicyclic amines) is 2. The zero-order chi connectivity index (χ0) is 61.5. The van der Waals surface area contributed by atoms with Crippen LogP contribution >= 0.6 is 0 Å². The van der Waals surface area contributed by atoms with Crippen molar-refractivity contribution < 1.29 is 100 Å². The number of aliphatic carboxylic acids is 2. The van der Waals surface area contributed by atoms with E-state index in [0.29, 0.717) is 39.2 Å². The maximum atomic E-state index is 15.1. The molecular formula is C55H90FN7O20. The summed E-state index contributed by atoms with van der Waals surface area (Å²) in [5.41, 5.74) is 16.5. The zero-order valence-corrected chi connectivity index (χ0v) is 49.0. The van der Waals surface area contributed by atoms with Crippen LogP contribution in [0.2, 0.25) is 0 Å². The molecule has 0 aromatic heterocycles. The van der Waals surface area contributed by atoms with Crippen molar-refractivity contribution in [1.82, 2.24) is 15.1 Å². The summed E-state index contributed by atoms with van der Waals surface area (Å²) in [6.45, 7) is 11.9. The summed E-state index contributed by atoms with van der Waals surface area (Å²) < 4.78 is 67.6. The molecule has 83 heavy (non-hydrogen) atoms. The van der Waals surface area contributed by atoms with Crippen LogP contribution in [0.3, 0.4) is 0 Å². The third-order valence-electron chi connectivity index (χ3n) is 15.8. The highest BCUT2D eigenvalue weighted by molar-refractivity contribution is 5.97. The molecule has 3 amide bonds. The Labute approximate surface area is 484 Å². The van der Waals surface area contributed by atoms with Crippen molar-refractivity contribution in [2.24, 2.45) is 57.7 Å². The summed E-state index contributed by atoms with van der Waals surface area (Å²) in [6.07, 6.45) is -8.76. The van der Waals surface area contributed by atoms with Crippen molar-refractivity contribution in [1.29, 1.82) is 0 Å². The van der Waals surface area contributed by atoms with Crippen LogP contribution in [0.4, 0.5) is 4.39 Å². The van der Waals surface area contributed by atoms with Crippen LogP contribution in [0.15, 0.2) is 4.99 Å². The number of ether oxygens (including phenoxy) is 9. The van der Waals surface area contributed by atoms with Gasteiger partial charge in [-0.15, -0.1) is 0 Å². The standard InChI is InChI=1S/C55H90FN7O20/c1-30-31(2)49(80-36(7)65)54(81-43(30)28-56)83-48-32(3)44(29-78-35(6)64)82-53(33(48)4)79-34(5)47(42(67)25-37(11-8-16-60-55(58)59)51(72)63-18-10-13-40(63)52(73)74)61-50(71)38(27-46(69)70)26-41(66)39-12-9-17-62(39)45(68)14-19-75-21-23-77-24-22-76-20-15-57/h30-34,37-40,43-44,47-49,53-54H,8-29,57H2,1-7H3,(H,61,71)(H,69,70)(H,73,74)(H4,58,59,60)/t30-,31+,32+,33?,34?,37+,38-,39?,40?,43?,44?,47+,48+,49?,53+,54+/m1/s1. The second-order valence-corrected chi connectivity index (χ2v) is 21.9. The zero-order valence-electron chi connectivity index (χ0n) is 49.0. The Hall–Kier alpha value is -5.49. The van der Waals surface area contributed by atoms with E-state index < -0.39 is 176 Å². The van der Waals surface area contributed by atoms with Crippen LogP contribution in [-0.4, -0.2) is 219 Å². The van der Waals surface area contributed by atoms with Gasteiger partial charge in [-0.1, -0.05) is 27.7 Å². The number of hydrogen-bond donors (Lipinski definition) is 6. The lowest BCUT2D eigenvalue weighted by Crippen LogP contribution is -2.59. The van der Waals surface area contributed by atoms with Crippen molar-refractivity contribution in [2.75, 3.05) is 79.1 Å². The number of rotatable bonds is 36. The molecule has 4 saturated heterocycles. The number of carbonyl (C=O) groups is 9. The highest BCUT2D eigenvalue weighted by Crippen LogP contribution is 2.40. The molecule has 16 atom stereocenters. The monoisotopic (exact) mass is 1190 g/mol. The SMILES string of the molecule is CC(=O)OCC1O[C@H](OC(C)[C@H](NC(=O)[C@@H](CC(=O)O)CC(=O)C2CCCN2C(=O)CCOCCOCCOCCN)C(=O)C[C@H](CCCN=C(N)N)C(=O)N2CCCC2C(=O)O)C(C)[C@@H](O[C@@H]2OC(CF)[C@H](C)[C@H](C)C2OC(C)=O)[C@H]1C. The number of carboxylic acids is 2. The number of nitrogens with one attached hydrogen (secondary N) is 1. The van der Waals surface area contributed by atoms with E-state index in [1.165, 1.54) is 30.6 Å². The number of hydrogen-bond acceptors (Lipinski definition) is 20. The van der Waals surface area contributed by atoms with Crippen molar-refractivity contribution in [3.8, 4) is 0 Å². The number of Topliss-reactive ketones (excluding diaryl/α,β-unsaturated/α-hetero) is 2. The van der Waals surface area contributed by atoms with Crippen LogP contribution in [0, 0.1) is 35.5 Å². The van der Waals surface area contributed by atoms with Gasteiger partial charge in [0.2, 0.25) is 17.7 Å². The quantitative estimate of drug-likeness (QED) is 0.0219. The van der Waals surface area contributed by atoms with Crippen molar-refractivity contribution in [2.45, 2.75) is 174 Å². The molecule has 4 aliphatic heterocycles. The molecule has 0 radical (unpaired) electrons. The first-order chi connectivity index (χ1) is 39.4. The molecule has 4 fully saturated rings. The summed E-state index contributed by atoms with van der Waals surface area (Å²) >= 11 is 0. The Bertz CT molecular complexity index is 2190. The normalized spacial score (nSPS) is 27.6. The predicted octanol–water partition coefficient (Wildman–Crippen LogP) is 0.864. The van der Waals surface area contributed by atoms with Gasteiger partial charge in [-0.3, -0.25) is 43.3 Å². The number of aliphatic imine (C=N–C) groups is 1. The Morgan fingerprint density at radius 2 is 1.36 bits per heavy atom. The summed E-state index contributed by atoms with van der Waals surface area (Å²) in [4.78, 5) is 128. The van der Waals surface area contributed by atoms with E-state index in [9.17, 15) is 53.0 Å². The molecule has 0 saturated carbocycles. The molecule has 27 nitrogen and oxygen atoms in total. The molecule has 0 aromatic rings. The molecule has 28 heteroatoms. The lowest BCUT2D eigenvalue weighted by atomic mass is 9.83. The van der Waals surface area contributed by atoms with E-state index in [1.807, 2.05) is 0 Å². The van der Waals surface area contributed by atoms with Gasteiger partial charge < -0.3 is 85.2 Å². The number of nitrogens with two attached hydrogens (primary N) is 3. The highest BCUT2D eigenvalue weighted by atomic mass is 19.1. The van der Waals surface area contributed by atoms with Gasteiger partial charge in [0, 0.05) is 76.5 Å². The third-order valence-corrected chi connectivity index (χ3v) is 15.8. The number of carbonyl (C=O) groups excluding carboxylic acids is 7. The van der Waals surface area contributed by atoms with Gasteiger partial charge in [-0.05, 0) is 51.4 Å². The van der Waals surface area contributed by atoms with Crippen LogP contribution in [0.5, 0.6) is 0 Å². The number of amides is 3. The largest absolute Gasteiger partial charge is 0.481 e. The summed E-state index contributed by atoms with van der Waals surface area (Å²) in [6, 6.07) is -3.89. The average molecular weight is 1190 g/mol. The van der Waals surface area contributed by atoms with E-state index >= 15 is 4.79 Å². The molecule has 7 unspecified atom stereocenters. The summed E-state index contributed by atoms with van der Waals surface area (Å²) in [7, 11) is 0. The van der Waals surface area contributed by atoms with Crippen molar-refractivity contribution in [3.63, 3.8) is 0 Å². The number of carboxylic acid groups (broad SMARTS) is 2. The van der Waals surface area contributed by atoms with Gasteiger partial charge in [-0.25, -0.2) is 9.18 Å². The minimum atomic E-state index is -1.72. The summed E-state index contributed by atoms with van der Waals surface area (Å²) in [5, 5.41) is 22.8. The van der Waals surface area contributed by atoms with Gasteiger partial charge in [0.25, 0.3) is 0 Å². The fourth-order valence-electron chi connectivity index (χ4n) is 11.1. The first-order valence-corrected chi connectivity index (χ1v) is 28.8. The number of alkyl halides is 1. The van der Waals surface area contributed by atoms with E-state index in [1.54, 1.807) is 27.7 Å². The summed E-state index contributed by atoms with van der Waals surface area (Å²) in [5.74, 6) is -12.8. The topological polar surface area (TPSA) is 386 Å². The van der Waals surface area contributed by atoms with Gasteiger partial charge in [0.05, 0.1) is 88.9 Å². The molecule has 0 aromatic carbocycles. The number of esters is 2. The maximum absolute atomic E-state index is 15.1. The predicted molar refractivity (Wildman–Crippen MR) is 291 cm³/mol. The van der Waals surface area contributed by atoms with Crippen LogP contribution in [0.1, 0.15) is 113 Å². The molecule has 0 bridgehead atoms. The Balaban J connectivity index is 1.67. The van der Waals surface area contributed by atoms with Crippen LogP contribution in [0.25, 0.3) is 0 Å². The minimum absolute atomic E-state index is 0.0189. The fourth-order valence-corrected chi connectivity index (χ4v) is 11.1. The van der Waals surface area contributed by atoms with Gasteiger partial charge >= 0.3 is 23.9 Å². The second-order valence-electron chi connectivity index (χ2n) is 21.9. The van der Waals surface area contributed by atoms with E-state index in [2.05, 4.69) is 10.3 Å². The lowest BCUT2D eigenvalue weighted by Gasteiger charge is -2.49. The van der Waals surface area contributed by atoms with Crippen molar-refractivity contribution in [3.05, 3.63) is 0 Å². The Kier molecular flexibility index (Phi) is 29.6. The van der Waals surface area contributed by atoms with Crippen LogP contribution in [-0.2, 0) is 85.8 Å². The number of nitrogens with zero attached hydrogens (tertiary/aromatic N) is 3. The van der Waals surface area contributed by atoms with Gasteiger partial charge in [0.15, 0.2) is 36.2 Å². The van der Waals surface area contributed by atoms with Crippen molar-refractivity contribution >= 4 is 59.1 Å². The molecule has 0 aliphatic carbocycles. The van der Waals surface area contributed by atoms with E-state index in [0.717, 1.165) is 0 Å².